The third-order valence-corrected chi connectivity index (χ3v) is 5.97. The molecule has 3 heterocycles. The van der Waals surface area contributed by atoms with Crippen LogP contribution in [0.1, 0.15) is 48.3 Å². The lowest BCUT2D eigenvalue weighted by Gasteiger charge is -2.30. The van der Waals surface area contributed by atoms with Crippen molar-refractivity contribution in [1.82, 2.24) is 9.80 Å². The molecular formula is C18H26N2O2S. The summed E-state index contributed by atoms with van der Waals surface area (Å²) in [5, 5.41) is 1.95. The molecule has 4 nitrogen and oxygen atoms in total. The molecule has 2 aliphatic heterocycles. The summed E-state index contributed by atoms with van der Waals surface area (Å²) in [7, 11) is 0. The Bertz CT molecular complexity index is 596. The second kappa shape index (κ2) is 6.63. The first kappa shape index (κ1) is 16.5. The highest BCUT2D eigenvalue weighted by Gasteiger charge is 2.39. The first-order valence-electron chi connectivity index (χ1n) is 8.62. The molecule has 5 heteroatoms. The molecule has 23 heavy (non-hydrogen) atoms. The second-order valence-electron chi connectivity index (χ2n) is 7.14. The van der Waals surface area contributed by atoms with Crippen molar-refractivity contribution in [2.75, 3.05) is 19.6 Å². The van der Waals surface area contributed by atoms with E-state index in [2.05, 4.69) is 4.90 Å². The van der Waals surface area contributed by atoms with Gasteiger partial charge in [-0.2, -0.15) is 0 Å². The summed E-state index contributed by atoms with van der Waals surface area (Å²) in [5.41, 5.74) is 0.815. The van der Waals surface area contributed by atoms with Crippen LogP contribution in [0.15, 0.2) is 11.4 Å². The van der Waals surface area contributed by atoms with E-state index in [0.717, 1.165) is 44.5 Å². The SMILES string of the molecule is Cc1cc(C(=O)N2CCC(C3CCCN3C(=O)C(C)C)C2)cs1. The Hall–Kier alpha value is -1.36. The first-order valence-corrected chi connectivity index (χ1v) is 9.50. The van der Waals surface area contributed by atoms with Crippen LogP contribution in [0.2, 0.25) is 0 Å². The van der Waals surface area contributed by atoms with Gasteiger partial charge in [-0.25, -0.2) is 0 Å². The molecule has 2 saturated heterocycles. The Morgan fingerprint density at radius 3 is 2.70 bits per heavy atom. The standard InChI is InChI=1S/C18H26N2O2S/c1-12(2)17(21)20-7-4-5-16(20)14-6-8-19(10-14)18(22)15-9-13(3)23-11-15/h9,11-12,14,16H,4-8,10H2,1-3H3. The fourth-order valence-electron chi connectivity index (χ4n) is 3.91. The number of aryl methyl sites for hydroxylation is 1. The molecule has 0 saturated carbocycles. The minimum absolute atomic E-state index is 0.0588. The van der Waals surface area contributed by atoms with E-state index in [1.165, 1.54) is 4.88 Å². The van der Waals surface area contributed by atoms with Crippen molar-refractivity contribution >= 4 is 23.2 Å². The second-order valence-corrected chi connectivity index (χ2v) is 8.26. The zero-order valence-corrected chi connectivity index (χ0v) is 15.1. The Morgan fingerprint density at radius 1 is 1.26 bits per heavy atom. The van der Waals surface area contributed by atoms with Gasteiger partial charge in [0.1, 0.15) is 0 Å². The molecule has 0 radical (unpaired) electrons. The predicted octanol–water partition coefficient (Wildman–Crippen LogP) is 3.17. The quantitative estimate of drug-likeness (QED) is 0.852. The largest absolute Gasteiger partial charge is 0.339 e. The molecular weight excluding hydrogens is 308 g/mol. The fraction of sp³-hybridized carbons (Fsp3) is 0.667. The number of likely N-dealkylation sites (tertiary alicyclic amines) is 2. The van der Waals surface area contributed by atoms with Gasteiger partial charge >= 0.3 is 0 Å². The molecule has 0 N–H and O–H groups in total. The summed E-state index contributed by atoms with van der Waals surface area (Å²) in [5.74, 6) is 0.912. The van der Waals surface area contributed by atoms with E-state index >= 15 is 0 Å². The van der Waals surface area contributed by atoms with Crippen LogP contribution in [0, 0.1) is 18.8 Å². The third-order valence-electron chi connectivity index (χ3n) is 5.11. The van der Waals surface area contributed by atoms with Gasteiger partial charge in [0.2, 0.25) is 5.91 Å². The zero-order valence-electron chi connectivity index (χ0n) is 14.2. The molecule has 0 spiro atoms. The molecule has 2 unspecified atom stereocenters. The minimum Gasteiger partial charge on any atom is -0.339 e. The highest BCUT2D eigenvalue weighted by Crippen LogP contribution is 2.32. The Balaban J connectivity index is 1.65. The summed E-state index contributed by atoms with van der Waals surface area (Å²) < 4.78 is 0. The Morgan fingerprint density at radius 2 is 2.04 bits per heavy atom. The number of amides is 2. The topological polar surface area (TPSA) is 40.6 Å². The maximum atomic E-state index is 12.6. The van der Waals surface area contributed by atoms with Gasteiger partial charge in [-0.15, -0.1) is 11.3 Å². The van der Waals surface area contributed by atoms with E-state index in [-0.39, 0.29) is 17.7 Å². The normalized spacial score (nSPS) is 24.7. The average Bonchev–Trinajstić information content (AvgIpc) is 3.24. The Kier molecular flexibility index (Phi) is 4.76. The highest BCUT2D eigenvalue weighted by atomic mass is 32.1. The lowest BCUT2D eigenvalue weighted by Crippen LogP contribution is -2.43. The highest BCUT2D eigenvalue weighted by molar-refractivity contribution is 7.10. The average molecular weight is 334 g/mol. The predicted molar refractivity (Wildman–Crippen MR) is 92.6 cm³/mol. The van der Waals surface area contributed by atoms with Gasteiger partial charge in [-0.3, -0.25) is 9.59 Å². The number of hydrogen-bond acceptors (Lipinski definition) is 3. The summed E-state index contributed by atoms with van der Waals surface area (Å²) in [4.78, 5) is 30.2. The zero-order chi connectivity index (χ0) is 16.6. The fourth-order valence-corrected chi connectivity index (χ4v) is 4.59. The van der Waals surface area contributed by atoms with Crippen molar-refractivity contribution in [3.63, 3.8) is 0 Å². The molecule has 1 aromatic heterocycles. The number of hydrogen-bond donors (Lipinski definition) is 0. The molecule has 0 bridgehead atoms. The molecule has 0 aromatic carbocycles. The molecule has 2 aliphatic rings. The van der Waals surface area contributed by atoms with E-state index < -0.39 is 0 Å². The molecule has 2 amide bonds. The molecule has 2 fully saturated rings. The van der Waals surface area contributed by atoms with Crippen LogP contribution >= 0.6 is 11.3 Å². The van der Waals surface area contributed by atoms with Crippen LogP contribution in [-0.2, 0) is 4.79 Å². The monoisotopic (exact) mass is 334 g/mol. The van der Waals surface area contributed by atoms with Gasteiger partial charge in [0.25, 0.3) is 5.91 Å². The van der Waals surface area contributed by atoms with Gasteiger partial charge < -0.3 is 9.80 Å². The summed E-state index contributed by atoms with van der Waals surface area (Å²) >= 11 is 1.62. The van der Waals surface area contributed by atoms with E-state index in [9.17, 15) is 9.59 Å². The van der Waals surface area contributed by atoms with Crippen molar-refractivity contribution in [3.05, 3.63) is 21.9 Å². The maximum absolute atomic E-state index is 12.6. The lowest BCUT2D eigenvalue weighted by molar-refractivity contribution is -0.136. The maximum Gasteiger partial charge on any atom is 0.254 e. The van der Waals surface area contributed by atoms with Crippen LogP contribution in [0.3, 0.4) is 0 Å². The van der Waals surface area contributed by atoms with Crippen LogP contribution < -0.4 is 0 Å². The number of nitrogens with zero attached hydrogens (tertiary/aromatic N) is 2. The van der Waals surface area contributed by atoms with Crippen molar-refractivity contribution in [2.45, 2.75) is 46.1 Å². The number of carbonyl (C=O) groups excluding carboxylic acids is 2. The number of rotatable bonds is 3. The van der Waals surface area contributed by atoms with E-state index in [1.54, 1.807) is 11.3 Å². The van der Waals surface area contributed by atoms with Crippen molar-refractivity contribution in [2.24, 2.45) is 11.8 Å². The molecule has 1 aromatic rings. The molecule has 126 valence electrons. The van der Waals surface area contributed by atoms with Gasteiger partial charge in [0.05, 0.1) is 5.56 Å². The number of thiophene rings is 1. The van der Waals surface area contributed by atoms with Gasteiger partial charge in [0, 0.05) is 41.9 Å². The van der Waals surface area contributed by atoms with Gasteiger partial charge in [-0.1, -0.05) is 13.8 Å². The van der Waals surface area contributed by atoms with E-state index in [1.807, 2.05) is 37.1 Å². The third kappa shape index (κ3) is 3.30. The van der Waals surface area contributed by atoms with Gasteiger partial charge in [0.15, 0.2) is 0 Å². The Labute approximate surface area is 142 Å². The first-order chi connectivity index (χ1) is 11.0. The van der Waals surface area contributed by atoms with Crippen molar-refractivity contribution < 1.29 is 9.59 Å². The van der Waals surface area contributed by atoms with Gasteiger partial charge in [-0.05, 0) is 38.2 Å². The van der Waals surface area contributed by atoms with Crippen LogP contribution in [-0.4, -0.2) is 47.3 Å². The summed E-state index contributed by atoms with van der Waals surface area (Å²) in [6.45, 7) is 8.47. The van der Waals surface area contributed by atoms with Crippen molar-refractivity contribution in [3.8, 4) is 0 Å². The summed E-state index contributed by atoms with van der Waals surface area (Å²) in [6.07, 6.45) is 3.20. The van der Waals surface area contributed by atoms with Crippen molar-refractivity contribution in [1.29, 1.82) is 0 Å². The lowest BCUT2D eigenvalue weighted by atomic mass is 9.96. The number of carbonyl (C=O) groups is 2. The van der Waals surface area contributed by atoms with E-state index in [4.69, 9.17) is 0 Å². The smallest absolute Gasteiger partial charge is 0.254 e. The molecule has 3 rings (SSSR count). The van der Waals surface area contributed by atoms with Crippen LogP contribution in [0.5, 0.6) is 0 Å². The van der Waals surface area contributed by atoms with E-state index in [0.29, 0.717) is 12.0 Å². The minimum atomic E-state index is 0.0588. The molecule has 2 atom stereocenters. The van der Waals surface area contributed by atoms with Crippen LogP contribution in [0.25, 0.3) is 0 Å². The molecule has 0 aliphatic carbocycles. The van der Waals surface area contributed by atoms with Crippen LogP contribution in [0.4, 0.5) is 0 Å². The summed E-state index contributed by atoms with van der Waals surface area (Å²) in [6, 6.07) is 2.30.